The molecule has 1 aromatic rings. The van der Waals surface area contributed by atoms with E-state index in [9.17, 15) is 19.8 Å². The minimum absolute atomic E-state index is 0.105. The van der Waals surface area contributed by atoms with Crippen LogP contribution < -0.4 is 10.1 Å². The number of benzene rings is 1. The van der Waals surface area contributed by atoms with Crippen LogP contribution in [0.1, 0.15) is 60.7 Å². The van der Waals surface area contributed by atoms with Gasteiger partial charge in [-0.25, -0.2) is 4.79 Å². The number of rotatable bonds is 8. The van der Waals surface area contributed by atoms with E-state index in [0.717, 1.165) is 11.1 Å². The molecule has 0 radical (unpaired) electrons. The van der Waals surface area contributed by atoms with Crippen LogP contribution in [0, 0.1) is 6.92 Å². The maximum Gasteiger partial charge on any atom is 0.342 e. The molecule has 1 aliphatic rings. The minimum Gasteiger partial charge on any atom is -0.507 e. The molecule has 0 saturated carbocycles. The zero-order valence-corrected chi connectivity index (χ0v) is 17.1. The number of aromatic hydroxyl groups is 1. The number of methoxy groups -OCH3 is 1. The topological polar surface area (TPSA) is 105 Å². The summed E-state index contributed by atoms with van der Waals surface area (Å²) in [5.41, 5.74) is 2.22. The van der Waals surface area contributed by atoms with Crippen LogP contribution in [0.25, 0.3) is 0 Å². The summed E-state index contributed by atoms with van der Waals surface area (Å²) in [4.78, 5) is 23.8. The molecule has 1 aliphatic heterocycles. The van der Waals surface area contributed by atoms with Gasteiger partial charge in [0.05, 0.1) is 12.7 Å². The summed E-state index contributed by atoms with van der Waals surface area (Å²) in [6, 6.07) is 0. The quantitative estimate of drug-likeness (QED) is 0.465. The lowest BCUT2D eigenvalue weighted by Crippen LogP contribution is -2.38. The smallest absolute Gasteiger partial charge is 0.342 e. The van der Waals surface area contributed by atoms with Crippen molar-refractivity contribution in [3.63, 3.8) is 0 Å². The van der Waals surface area contributed by atoms with E-state index in [2.05, 4.69) is 5.32 Å². The summed E-state index contributed by atoms with van der Waals surface area (Å²) in [6.45, 7) is 7.34. The molecule has 0 fully saturated rings. The number of phenolic OH excluding ortho intramolecular Hbond substituents is 1. The lowest BCUT2D eigenvalue weighted by molar-refractivity contribution is -0.122. The highest BCUT2D eigenvalue weighted by molar-refractivity contribution is 5.98. The number of carbonyl (C=O) groups is 2. The van der Waals surface area contributed by atoms with Gasteiger partial charge in [-0.1, -0.05) is 11.6 Å². The standard InChI is InChI=1S/C21H29NO6/c1-12(7-9-16(23)22-11-21(3,4)26)6-8-14-18(24)17-15(10-28-20(17)25)13(2)19(14)27-5/h6,24,26H,7-11H2,1-5H3,(H,22,23). The van der Waals surface area contributed by atoms with E-state index in [0.29, 0.717) is 36.1 Å². The van der Waals surface area contributed by atoms with Crippen molar-refractivity contribution in [3.8, 4) is 11.5 Å². The molecule has 7 nitrogen and oxygen atoms in total. The number of hydrogen-bond donors (Lipinski definition) is 3. The summed E-state index contributed by atoms with van der Waals surface area (Å²) in [6.07, 6.45) is 3.13. The summed E-state index contributed by atoms with van der Waals surface area (Å²) in [5.74, 6) is -0.219. The highest BCUT2D eigenvalue weighted by Crippen LogP contribution is 2.42. The average molecular weight is 391 g/mol. The van der Waals surface area contributed by atoms with Crippen molar-refractivity contribution in [2.24, 2.45) is 0 Å². The van der Waals surface area contributed by atoms with Crippen molar-refractivity contribution in [2.75, 3.05) is 13.7 Å². The molecule has 0 aliphatic carbocycles. The van der Waals surface area contributed by atoms with Gasteiger partial charge in [-0.2, -0.15) is 0 Å². The Morgan fingerprint density at radius 3 is 2.64 bits per heavy atom. The summed E-state index contributed by atoms with van der Waals surface area (Å²) in [7, 11) is 1.53. The Kier molecular flexibility index (Phi) is 6.72. The molecule has 28 heavy (non-hydrogen) atoms. The van der Waals surface area contributed by atoms with Gasteiger partial charge in [0.25, 0.3) is 0 Å². The number of ether oxygens (including phenoxy) is 2. The number of aliphatic hydroxyl groups is 1. The Hall–Kier alpha value is -2.54. The highest BCUT2D eigenvalue weighted by atomic mass is 16.5. The zero-order chi connectivity index (χ0) is 21.1. The van der Waals surface area contributed by atoms with Crippen LogP contribution in [0.3, 0.4) is 0 Å². The van der Waals surface area contributed by atoms with Crippen molar-refractivity contribution in [1.82, 2.24) is 5.32 Å². The molecule has 154 valence electrons. The number of carbonyl (C=O) groups excluding carboxylic acids is 2. The minimum atomic E-state index is -0.943. The van der Waals surface area contributed by atoms with Crippen molar-refractivity contribution in [2.45, 2.75) is 59.2 Å². The molecule has 3 N–H and O–H groups in total. The van der Waals surface area contributed by atoms with Gasteiger partial charge in [0.15, 0.2) is 0 Å². The monoisotopic (exact) mass is 391 g/mol. The third kappa shape index (κ3) is 5.04. The van der Waals surface area contributed by atoms with Gasteiger partial charge in [-0.3, -0.25) is 4.79 Å². The Labute approximate surface area is 165 Å². The van der Waals surface area contributed by atoms with Gasteiger partial charge in [-0.05, 0) is 46.1 Å². The molecule has 0 bridgehead atoms. The van der Waals surface area contributed by atoms with Crippen LogP contribution in [0.4, 0.5) is 0 Å². The second-order valence-corrected chi connectivity index (χ2v) is 7.76. The molecule has 0 aromatic heterocycles. The number of allylic oxidation sites excluding steroid dienone is 2. The molecule has 0 unspecified atom stereocenters. The van der Waals surface area contributed by atoms with Crippen molar-refractivity contribution in [3.05, 3.63) is 33.9 Å². The summed E-state index contributed by atoms with van der Waals surface area (Å²) < 4.78 is 10.5. The van der Waals surface area contributed by atoms with Crippen LogP contribution >= 0.6 is 0 Å². The Morgan fingerprint density at radius 1 is 1.36 bits per heavy atom. The number of cyclic esters (lactones) is 1. The first kappa shape index (κ1) is 21.8. The average Bonchev–Trinajstić information content (AvgIpc) is 3.01. The molecule has 0 atom stereocenters. The normalized spacial score (nSPS) is 13.9. The fourth-order valence-corrected chi connectivity index (χ4v) is 3.12. The van der Waals surface area contributed by atoms with Gasteiger partial charge in [-0.15, -0.1) is 0 Å². The number of fused-ring (bicyclic) bond motifs is 1. The van der Waals surface area contributed by atoms with E-state index in [4.69, 9.17) is 9.47 Å². The molecular formula is C21H29NO6. The van der Waals surface area contributed by atoms with E-state index in [1.807, 2.05) is 19.9 Å². The zero-order valence-electron chi connectivity index (χ0n) is 17.1. The van der Waals surface area contributed by atoms with E-state index in [1.54, 1.807) is 13.8 Å². The second kappa shape index (κ2) is 8.65. The molecule has 0 spiro atoms. The van der Waals surface area contributed by atoms with Gasteiger partial charge in [0.2, 0.25) is 5.91 Å². The first-order valence-electron chi connectivity index (χ1n) is 9.28. The third-order valence-electron chi connectivity index (χ3n) is 4.77. The molecule has 1 heterocycles. The van der Waals surface area contributed by atoms with E-state index >= 15 is 0 Å². The molecule has 0 saturated heterocycles. The van der Waals surface area contributed by atoms with E-state index in [-0.39, 0.29) is 30.4 Å². The fourth-order valence-electron chi connectivity index (χ4n) is 3.12. The van der Waals surface area contributed by atoms with Crippen LogP contribution in [-0.2, 0) is 22.6 Å². The number of esters is 1. The van der Waals surface area contributed by atoms with E-state index in [1.165, 1.54) is 7.11 Å². The van der Waals surface area contributed by atoms with Gasteiger partial charge in [0, 0.05) is 24.1 Å². The lowest BCUT2D eigenvalue weighted by Gasteiger charge is -2.17. The number of amides is 1. The molecular weight excluding hydrogens is 362 g/mol. The Morgan fingerprint density at radius 2 is 2.04 bits per heavy atom. The molecule has 1 amide bonds. The van der Waals surface area contributed by atoms with Gasteiger partial charge in [0.1, 0.15) is 23.7 Å². The van der Waals surface area contributed by atoms with Gasteiger partial charge < -0.3 is 25.0 Å². The van der Waals surface area contributed by atoms with Crippen LogP contribution in [0.2, 0.25) is 0 Å². The molecule has 7 heteroatoms. The predicted octanol–water partition coefficient (Wildman–Crippen LogP) is 2.54. The van der Waals surface area contributed by atoms with Crippen LogP contribution in [0.5, 0.6) is 11.5 Å². The second-order valence-electron chi connectivity index (χ2n) is 7.76. The first-order chi connectivity index (χ1) is 13.0. The number of nitrogens with one attached hydrogen (secondary N) is 1. The highest BCUT2D eigenvalue weighted by Gasteiger charge is 2.31. The third-order valence-corrected chi connectivity index (χ3v) is 4.77. The fraction of sp³-hybridized carbons (Fsp3) is 0.524. The van der Waals surface area contributed by atoms with Crippen molar-refractivity contribution >= 4 is 11.9 Å². The summed E-state index contributed by atoms with van der Waals surface area (Å²) >= 11 is 0. The molecule has 1 aromatic carbocycles. The summed E-state index contributed by atoms with van der Waals surface area (Å²) in [5, 5.41) is 22.9. The predicted molar refractivity (Wildman–Crippen MR) is 105 cm³/mol. The number of phenols is 1. The SMILES string of the molecule is COc1c(C)c2c(c(O)c1CC=C(C)CCC(=O)NCC(C)(C)O)C(=O)OC2. The Bertz CT molecular complexity index is 804. The largest absolute Gasteiger partial charge is 0.507 e. The first-order valence-corrected chi connectivity index (χ1v) is 9.28. The lowest BCUT2D eigenvalue weighted by atomic mass is 9.94. The van der Waals surface area contributed by atoms with Crippen molar-refractivity contribution in [1.29, 1.82) is 0 Å². The maximum atomic E-state index is 11.9. The number of hydrogen-bond acceptors (Lipinski definition) is 6. The maximum absolute atomic E-state index is 11.9. The van der Waals surface area contributed by atoms with Crippen molar-refractivity contribution < 1.29 is 29.3 Å². The Balaban J connectivity index is 2.09. The van der Waals surface area contributed by atoms with Crippen LogP contribution in [-0.4, -0.2) is 41.3 Å². The molecule has 2 rings (SSSR count). The van der Waals surface area contributed by atoms with Gasteiger partial charge >= 0.3 is 5.97 Å². The van der Waals surface area contributed by atoms with E-state index < -0.39 is 11.6 Å². The van der Waals surface area contributed by atoms with Crippen LogP contribution in [0.15, 0.2) is 11.6 Å².